The summed E-state index contributed by atoms with van der Waals surface area (Å²) in [6, 6.07) is 20.4. The predicted octanol–water partition coefficient (Wildman–Crippen LogP) is 4.97. The average molecular weight is 462 g/mol. The van der Waals surface area contributed by atoms with E-state index in [1.807, 2.05) is 55.5 Å². The largest absolute Gasteiger partial charge is 0.492 e. The van der Waals surface area contributed by atoms with Crippen molar-refractivity contribution in [2.45, 2.75) is 19.9 Å². The van der Waals surface area contributed by atoms with Gasteiger partial charge in [0.2, 0.25) is 5.91 Å². The van der Waals surface area contributed by atoms with Gasteiger partial charge in [-0.05, 0) is 43.2 Å². The smallest absolute Gasteiger partial charge is 0.322 e. The number of nitrogens with zero attached hydrogens (tertiary/aromatic N) is 2. The van der Waals surface area contributed by atoms with Crippen LogP contribution < -0.4 is 10.1 Å². The molecule has 1 N–H and O–H groups in total. The molecule has 178 valence electrons. The van der Waals surface area contributed by atoms with Crippen LogP contribution in [0.15, 0.2) is 90.1 Å². The Morgan fingerprint density at radius 1 is 1.03 bits per heavy atom. The van der Waals surface area contributed by atoms with Gasteiger partial charge in [0.25, 0.3) is 0 Å². The second-order valence-corrected chi connectivity index (χ2v) is 7.66. The molecule has 0 saturated heterocycles. The van der Waals surface area contributed by atoms with E-state index in [9.17, 15) is 9.59 Å². The summed E-state index contributed by atoms with van der Waals surface area (Å²) >= 11 is 0. The van der Waals surface area contributed by atoms with E-state index in [2.05, 4.69) is 11.9 Å². The molecule has 0 saturated carbocycles. The summed E-state index contributed by atoms with van der Waals surface area (Å²) in [5.74, 6) is 1.08. The lowest BCUT2D eigenvalue weighted by atomic mass is 10.1. The Morgan fingerprint density at radius 3 is 2.50 bits per heavy atom. The van der Waals surface area contributed by atoms with Crippen LogP contribution in [0.25, 0.3) is 0 Å². The van der Waals surface area contributed by atoms with Crippen molar-refractivity contribution < 1.29 is 18.7 Å². The highest BCUT2D eigenvalue weighted by Crippen LogP contribution is 2.24. The first-order valence-corrected chi connectivity index (χ1v) is 11.3. The molecule has 1 heterocycles. The molecular weight excluding hydrogens is 430 g/mol. The number of para-hydroxylation sites is 2. The Balaban J connectivity index is 1.70. The Morgan fingerprint density at radius 2 is 1.79 bits per heavy atom. The van der Waals surface area contributed by atoms with Gasteiger partial charge in [0.15, 0.2) is 0 Å². The van der Waals surface area contributed by atoms with E-state index in [0.717, 1.165) is 5.56 Å². The minimum atomic E-state index is -0.401. The van der Waals surface area contributed by atoms with Crippen LogP contribution >= 0.6 is 0 Å². The van der Waals surface area contributed by atoms with Gasteiger partial charge in [-0.1, -0.05) is 48.5 Å². The molecule has 0 radical (unpaired) electrons. The molecule has 1 aromatic heterocycles. The summed E-state index contributed by atoms with van der Waals surface area (Å²) in [5, 5.41) is 2.85. The molecule has 2 aromatic carbocycles. The highest BCUT2D eigenvalue weighted by molar-refractivity contribution is 5.93. The number of furan rings is 1. The Labute approximate surface area is 200 Å². The molecule has 3 amide bonds. The van der Waals surface area contributed by atoms with Crippen molar-refractivity contribution in [1.82, 2.24) is 9.80 Å². The van der Waals surface area contributed by atoms with E-state index in [0.29, 0.717) is 43.3 Å². The van der Waals surface area contributed by atoms with Gasteiger partial charge in [-0.2, -0.15) is 0 Å². The summed E-state index contributed by atoms with van der Waals surface area (Å²) in [7, 11) is 0. The first-order valence-electron chi connectivity index (χ1n) is 11.3. The topological polar surface area (TPSA) is 75.0 Å². The zero-order valence-electron chi connectivity index (χ0n) is 19.5. The molecule has 3 aromatic rings. The molecular formula is C27H31N3O4. The van der Waals surface area contributed by atoms with Crippen LogP contribution in [-0.4, -0.2) is 48.0 Å². The van der Waals surface area contributed by atoms with Crippen molar-refractivity contribution in [3.05, 3.63) is 97.0 Å². The number of rotatable bonds is 12. The average Bonchev–Trinajstić information content (AvgIpc) is 3.36. The van der Waals surface area contributed by atoms with Crippen LogP contribution in [0.3, 0.4) is 0 Å². The highest BCUT2D eigenvalue weighted by atomic mass is 16.5. The molecule has 0 aliphatic heterocycles. The van der Waals surface area contributed by atoms with Crippen LogP contribution in [0.5, 0.6) is 5.75 Å². The lowest BCUT2D eigenvalue weighted by Gasteiger charge is -2.27. The first kappa shape index (κ1) is 24.6. The zero-order valence-corrected chi connectivity index (χ0v) is 19.5. The molecule has 34 heavy (non-hydrogen) atoms. The van der Waals surface area contributed by atoms with Crippen LogP contribution in [0, 0.1) is 0 Å². The third-order valence-electron chi connectivity index (χ3n) is 5.18. The number of benzene rings is 2. The summed E-state index contributed by atoms with van der Waals surface area (Å²) in [4.78, 5) is 29.5. The van der Waals surface area contributed by atoms with Crippen molar-refractivity contribution >= 4 is 17.6 Å². The number of amides is 3. The van der Waals surface area contributed by atoms with Crippen molar-refractivity contribution in [3.63, 3.8) is 0 Å². The second kappa shape index (κ2) is 12.9. The van der Waals surface area contributed by atoms with E-state index in [1.54, 1.807) is 35.4 Å². The lowest BCUT2D eigenvalue weighted by Crippen LogP contribution is -2.45. The van der Waals surface area contributed by atoms with Crippen LogP contribution in [0.2, 0.25) is 0 Å². The molecule has 0 unspecified atom stereocenters. The van der Waals surface area contributed by atoms with Gasteiger partial charge in [0, 0.05) is 13.1 Å². The Bertz CT molecular complexity index is 1050. The number of carbonyl (C=O) groups excluding carboxylic acids is 2. The van der Waals surface area contributed by atoms with Crippen molar-refractivity contribution in [3.8, 4) is 5.75 Å². The lowest BCUT2D eigenvalue weighted by molar-refractivity contribution is -0.132. The van der Waals surface area contributed by atoms with Gasteiger partial charge >= 0.3 is 6.03 Å². The molecule has 7 heteroatoms. The van der Waals surface area contributed by atoms with E-state index >= 15 is 0 Å². The number of hydrogen-bond acceptors (Lipinski definition) is 4. The van der Waals surface area contributed by atoms with Gasteiger partial charge in [-0.25, -0.2) is 4.79 Å². The summed E-state index contributed by atoms with van der Waals surface area (Å²) in [6.07, 6.45) is 3.88. The number of urea groups is 1. The first-order chi connectivity index (χ1) is 16.6. The second-order valence-electron chi connectivity index (χ2n) is 7.66. The van der Waals surface area contributed by atoms with Crippen LogP contribution in [-0.2, 0) is 17.8 Å². The Kier molecular flexibility index (Phi) is 9.34. The fourth-order valence-corrected chi connectivity index (χ4v) is 3.48. The van der Waals surface area contributed by atoms with Crippen LogP contribution in [0.4, 0.5) is 10.5 Å². The number of nitrogens with one attached hydrogen (secondary N) is 1. The minimum Gasteiger partial charge on any atom is -0.492 e. The molecule has 3 rings (SSSR count). The predicted molar refractivity (Wildman–Crippen MR) is 133 cm³/mol. The fourth-order valence-electron chi connectivity index (χ4n) is 3.48. The SMILES string of the molecule is C=CCN(CC(=O)N(CCc1ccccc1)Cc1ccco1)C(=O)Nc1ccccc1OCC. The molecule has 0 aliphatic rings. The fraction of sp³-hybridized carbons (Fsp3) is 0.259. The summed E-state index contributed by atoms with van der Waals surface area (Å²) in [5.41, 5.74) is 1.68. The van der Waals surface area contributed by atoms with Gasteiger partial charge < -0.3 is 24.3 Å². The van der Waals surface area contributed by atoms with Crippen molar-refractivity contribution in [1.29, 1.82) is 0 Å². The monoisotopic (exact) mass is 461 g/mol. The van der Waals surface area contributed by atoms with E-state index < -0.39 is 6.03 Å². The normalized spacial score (nSPS) is 10.4. The third-order valence-corrected chi connectivity index (χ3v) is 5.18. The number of hydrogen-bond donors (Lipinski definition) is 1. The molecule has 7 nitrogen and oxygen atoms in total. The standard InChI is InChI=1S/C27H31N3O4/c1-3-17-30(27(32)28-24-14-8-9-15-25(24)33-4-2)21-26(31)29(20-23-13-10-19-34-23)18-16-22-11-6-5-7-12-22/h3,5-15,19H,1,4,16-18,20-21H2,2H3,(H,28,32). The van der Waals surface area contributed by atoms with E-state index in [1.165, 1.54) is 4.90 Å². The minimum absolute atomic E-state index is 0.0931. The quantitative estimate of drug-likeness (QED) is 0.387. The molecule has 0 fully saturated rings. The zero-order chi connectivity index (χ0) is 24.2. The molecule has 0 bridgehead atoms. The number of ether oxygens (including phenoxy) is 1. The summed E-state index contributed by atoms with van der Waals surface area (Å²) in [6.45, 7) is 7.06. The third kappa shape index (κ3) is 7.27. The number of carbonyl (C=O) groups is 2. The van der Waals surface area contributed by atoms with Crippen molar-refractivity contribution in [2.24, 2.45) is 0 Å². The Hall–Kier alpha value is -4.00. The van der Waals surface area contributed by atoms with Crippen LogP contribution in [0.1, 0.15) is 18.2 Å². The van der Waals surface area contributed by atoms with E-state index in [4.69, 9.17) is 9.15 Å². The molecule has 0 atom stereocenters. The molecule has 0 aliphatic carbocycles. The number of anilines is 1. The summed E-state index contributed by atoms with van der Waals surface area (Å²) < 4.78 is 11.1. The maximum Gasteiger partial charge on any atom is 0.322 e. The van der Waals surface area contributed by atoms with Gasteiger partial charge in [-0.15, -0.1) is 6.58 Å². The van der Waals surface area contributed by atoms with Gasteiger partial charge in [-0.3, -0.25) is 4.79 Å². The highest BCUT2D eigenvalue weighted by Gasteiger charge is 2.22. The van der Waals surface area contributed by atoms with Crippen molar-refractivity contribution in [2.75, 3.05) is 31.6 Å². The van der Waals surface area contributed by atoms with Gasteiger partial charge in [0.05, 0.1) is 25.1 Å². The maximum absolute atomic E-state index is 13.3. The maximum atomic E-state index is 13.3. The van der Waals surface area contributed by atoms with E-state index in [-0.39, 0.29) is 19.0 Å². The molecule has 0 spiro atoms. The van der Waals surface area contributed by atoms with Gasteiger partial charge in [0.1, 0.15) is 18.1 Å².